The van der Waals surface area contributed by atoms with Crippen LogP contribution in [-0.2, 0) is 23.7 Å². The van der Waals surface area contributed by atoms with E-state index < -0.39 is 10.0 Å². The van der Waals surface area contributed by atoms with Crippen molar-refractivity contribution >= 4 is 15.7 Å². The molecule has 2 aromatic heterocycles. The number of benzene rings is 2. The smallest absolute Gasteiger partial charge is 0.368 e. The van der Waals surface area contributed by atoms with Crippen LogP contribution in [0.3, 0.4) is 0 Å². The Bertz CT molecular complexity index is 1460. The number of aromatic nitrogens is 5. The van der Waals surface area contributed by atoms with Gasteiger partial charge < -0.3 is 4.74 Å². The van der Waals surface area contributed by atoms with Crippen molar-refractivity contribution in [1.29, 1.82) is 0 Å². The normalized spacial score (nSPS) is 11.4. The Morgan fingerprint density at radius 1 is 1.00 bits per heavy atom. The summed E-state index contributed by atoms with van der Waals surface area (Å²) in [4.78, 5) is 16.9. The Kier molecular flexibility index (Phi) is 5.97. The summed E-state index contributed by atoms with van der Waals surface area (Å²) in [5, 5.41) is 7.71. The van der Waals surface area contributed by atoms with E-state index in [9.17, 15) is 13.2 Å². The first-order valence-corrected chi connectivity index (χ1v) is 11.9. The fourth-order valence-electron chi connectivity index (χ4n) is 3.26. The lowest BCUT2D eigenvalue weighted by molar-refractivity contribution is 0.293. The average molecular weight is 467 g/mol. The zero-order valence-electron chi connectivity index (χ0n) is 18.3. The molecule has 11 heteroatoms. The van der Waals surface area contributed by atoms with E-state index in [0.29, 0.717) is 22.9 Å². The summed E-state index contributed by atoms with van der Waals surface area (Å²) in [7, 11) is -1.80. The second kappa shape index (κ2) is 8.87. The summed E-state index contributed by atoms with van der Waals surface area (Å²) in [5.41, 5.74) is 3.93. The van der Waals surface area contributed by atoms with E-state index in [1.54, 1.807) is 36.4 Å². The van der Waals surface area contributed by atoms with Gasteiger partial charge in [0.1, 0.15) is 6.61 Å². The lowest BCUT2D eigenvalue weighted by Crippen LogP contribution is -2.23. The Morgan fingerprint density at radius 2 is 1.73 bits per heavy atom. The van der Waals surface area contributed by atoms with E-state index >= 15 is 0 Å². The van der Waals surface area contributed by atoms with E-state index in [1.165, 1.54) is 11.7 Å². The summed E-state index contributed by atoms with van der Waals surface area (Å²) < 4.78 is 33.6. The number of tetrazole rings is 1. The van der Waals surface area contributed by atoms with E-state index in [-0.39, 0.29) is 12.3 Å². The molecule has 0 saturated heterocycles. The number of sulfonamides is 1. The lowest BCUT2D eigenvalue weighted by Gasteiger charge is -2.13. The summed E-state index contributed by atoms with van der Waals surface area (Å²) in [5.74, 6) is 0.409. The summed E-state index contributed by atoms with van der Waals surface area (Å²) in [6.45, 7) is 2.11. The molecule has 0 radical (unpaired) electrons. The number of rotatable bonds is 7. The van der Waals surface area contributed by atoms with Crippen LogP contribution < -0.4 is 15.1 Å². The van der Waals surface area contributed by atoms with Crippen molar-refractivity contribution in [3.8, 4) is 22.8 Å². The second-order valence-corrected chi connectivity index (χ2v) is 9.22. The van der Waals surface area contributed by atoms with Gasteiger partial charge in [-0.3, -0.25) is 4.72 Å². The number of anilines is 1. The molecule has 2 aromatic carbocycles. The molecule has 0 atom stereocenters. The highest BCUT2D eigenvalue weighted by atomic mass is 32.2. The van der Waals surface area contributed by atoms with E-state index in [0.717, 1.165) is 27.6 Å². The largest absolute Gasteiger partial charge is 0.473 e. The Labute approximate surface area is 190 Å². The minimum atomic E-state index is -3.34. The lowest BCUT2D eigenvalue weighted by atomic mass is 10.1. The van der Waals surface area contributed by atoms with E-state index in [2.05, 4.69) is 20.1 Å². The molecule has 0 spiro atoms. The third kappa shape index (κ3) is 5.09. The summed E-state index contributed by atoms with van der Waals surface area (Å²) in [6, 6.07) is 17.9. The van der Waals surface area contributed by atoms with Gasteiger partial charge in [-0.1, -0.05) is 30.3 Å². The minimum absolute atomic E-state index is 0.179. The molecule has 0 amide bonds. The molecule has 2 heterocycles. The number of nitrogens with zero attached hydrogens (tertiary/aromatic N) is 5. The molecule has 1 N–H and O–H groups in total. The maximum Gasteiger partial charge on any atom is 0.368 e. The van der Waals surface area contributed by atoms with E-state index in [1.807, 2.05) is 31.2 Å². The highest BCUT2D eigenvalue weighted by molar-refractivity contribution is 7.92. The molecule has 0 aliphatic rings. The highest BCUT2D eigenvalue weighted by Gasteiger charge is 2.14. The monoisotopic (exact) mass is 466 g/mol. The van der Waals surface area contributed by atoms with Gasteiger partial charge in [-0.2, -0.15) is 9.36 Å². The molecule has 0 unspecified atom stereocenters. The molecule has 0 bridgehead atoms. The molecular formula is C22H22N6O4S. The third-order valence-corrected chi connectivity index (χ3v) is 5.51. The van der Waals surface area contributed by atoms with Crippen LogP contribution >= 0.6 is 0 Å². The van der Waals surface area contributed by atoms with Crippen LogP contribution in [0.25, 0.3) is 16.9 Å². The fourth-order valence-corrected chi connectivity index (χ4v) is 3.83. The number of nitrogens with one attached hydrogen (secondary N) is 1. The highest BCUT2D eigenvalue weighted by Crippen LogP contribution is 2.24. The molecule has 10 nitrogen and oxygen atoms in total. The van der Waals surface area contributed by atoms with Crippen molar-refractivity contribution in [1.82, 2.24) is 24.8 Å². The molecule has 33 heavy (non-hydrogen) atoms. The number of hydrogen-bond acceptors (Lipinski definition) is 7. The van der Waals surface area contributed by atoms with Crippen LogP contribution in [0.5, 0.6) is 5.88 Å². The van der Waals surface area contributed by atoms with Crippen molar-refractivity contribution in [3.63, 3.8) is 0 Å². The molecule has 4 aromatic rings. The Morgan fingerprint density at radius 3 is 2.39 bits per heavy atom. The van der Waals surface area contributed by atoms with Crippen LogP contribution in [0.2, 0.25) is 0 Å². The maximum absolute atomic E-state index is 12.3. The van der Waals surface area contributed by atoms with Gasteiger partial charge in [0.2, 0.25) is 15.9 Å². The molecule has 0 aliphatic heterocycles. The van der Waals surface area contributed by atoms with Crippen LogP contribution in [0, 0.1) is 6.92 Å². The van der Waals surface area contributed by atoms with Gasteiger partial charge in [-0.15, -0.1) is 0 Å². The van der Waals surface area contributed by atoms with E-state index in [4.69, 9.17) is 4.74 Å². The first kappa shape index (κ1) is 22.2. The molecular weight excluding hydrogens is 444 g/mol. The van der Waals surface area contributed by atoms with Gasteiger partial charge in [0.15, 0.2) is 0 Å². The summed E-state index contributed by atoms with van der Waals surface area (Å²) in [6.07, 6.45) is 1.10. The number of pyridine rings is 1. The van der Waals surface area contributed by atoms with Crippen LogP contribution in [0.4, 0.5) is 5.69 Å². The fraction of sp³-hybridized carbons (Fsp3) is 0.182. The predicted octanol–water partition coefficient (Wildman–Crippen LogP) is 2.29. The van der Waals surface area contributed by atoms with Crippen molar-refractivity contribution in [3.05, 3.63) is 82.3 Å². The summed E-state index contributed by atoms with van der Waals surface area (Å²) >= 11 is 0. The van der Waals surface area contributed by atoms with Crippen molar-refractivity contribution in [2.75, 3.05) is 11.0 Å². The number of hydrogen-bond donors (Lipinski definition) is 1. The Hall–Kier alpha value is -3.99. The molecule has 0 fully saturated rings. The maximum atomic E-state index is 12.3. The van der Waals surface area contributed by atoms with Gasteiger partial charge in [0.05, 0.1) is 17.6 Å². The van der Waals surface area contributed by atoms with Crippen molar-refractivity contribution in [2.45, 2.75) is 13.5 Å². The van der Waals surface area contributed by atoms with Gasteiger partial charge >= 0.3 is 5.69 Å². The second-order valence-electron chi connectivity index (χ2n) is 7.47. The topological polar surface area (TPSA) is 121 Å². The van der Waals surface area contributed by atoms with Gasteiger partial charge in [-0.05, 0) is 47.2 Å². The molecule has 0 aliphatic carbocycles. The van der Waals surface area contributed by atoms with Crippen molar-refractivity contribution in [2.24, 2.45) is 7.05 Å². The standard InChI is InChI=1S/C22H22N6O4S/c1-15-6-4-8-20(28-22(29)27(2)25-26-28)18(15)14-32-21-9-5-7-19(23-21)16-10-12-17(13-11-16)24-33(3,30)31/h4-13,24H,14H2,1-3H3. The quantitative estimate of drug-likeness (QED) is 0.443. The zero-order valence-corrected chi connectivity index (χ0v) is 19.1. The Balaban J connectivity index is 1.56. The van der Waals surface area contributed by atoms with Crippen LogP contribution in [0.15, 0.2) is 65.5 Å². The minimum Gasteiger partial charge on any atom is -0.473 e. The molecule has 170 valence electrons. The first-order valence-electron chi connectivity index (χ1n) is 9.97. The van der Waals surface area contributed by atoms with Gasteiger partial charge in [0.25, 0.3) is 0 Å². The van der Waals surface area contributed by atoms with Crippen molar-refractivity contribution < 1.29 is 13.2 Å². The van der Waals surface area contributed by atoms with Crippen LogP contribution in [0.1, 0.15) is 11.1 Å². The number of ether oxygens (including phenoxy) is 1. The first-order chi connectivity index (χ1) is 15.7. The van der Waals surface area contributed by atoms with Gasteiger partial charge in [0, 0.05) is 29.9 Å². The SMILES string of the molecule is Cc1cccc(-n2nnn(C)c2=O)c1COc1cccc(-c2ccc(NS(C)(=O)=O)cc2)n1. The van der Waals surface area contributed by atoms with Crippen LogP contribution in [-0.4, -0.2) is 39.4 Å². The predicted molar refractivity (Wildman–Crippen MR) is 124 cm³/mol. The molecule has 4 rings (SSSR count). The average Bonchev–Trinajstić information content (AvgIpc) is 3.10. The van der Waals surface area contributed by atoms with Gasteiger partial charge in [-0.25, -0.2) is 18.2 Å². The molecule has 0 saturated carbocycles. The third-order valence-electron chi connectivity index (χ3n) is 4.91. The zero-order chi connectivity index (χ0) is 23.6. The number of aryl methyl sites for hydroxylation is 2.